The van der Waals surface area contributed by atoms with Crippen LogP contribution in [-0.4, -0.2) is 50.2 Å². The average Bonchev–Trinajstić information content (AvgIpc) is 3.22. The van der Waals surface area contributed by atoms with Crippen LogP contribution >= 0.6 is 0 Å². The molecule has 0 spiro atoms. The van der Waals surface area contributed by atoms with Crippen molar-refractivity contribution in [3.05, 3.63) is 66.1 Å². The van der Waals surface area contributed by atoms with E-state index in [1.54, 1.807) is 12.1 Å². The summed E-state index contributed by atoms with van der Waals surface area (Å²) in [6.45, 7) is 5.00. The first-order valence-electron chi connectivity index (χ1n) is 9.57. The quantitative estimate of drug-likeness (QED) is 0.682. The molecule has 1 saturated heterocycles. The molecule has 0 atom stereocenters. The van der Waals surface area contributed by atoms with Crippen molar-refractivity contribution in [2.75, 3.05) is 39.4 Å². The summed E-state index contributed by atoms with van der Waals surface area (Å²) in [5.41, 5.74) is 0. The normalized spacial score (nSPS) is 14.9. The van der Waals surface area contributed by atoms with Crippen molar-refractivity contribution in [2.45, 2.75) is 6.61 Å². The van der Waals surface area contributed by atoms with E-state index in [0.29, 0.717) is 18.1 Å². The van der Waals surface area contributed by atoms with Gasteiger partial charge in [-0.25, -0.2) is 0 Å². The summed E-state index contributed by atoms with van der Waals surface area (Å²) in [5.74, 6) is 1.51. The van der Waals surface area contributed by atoms with E-state index in [0.717, 1.165) is 49.4 Å². The first-order valence-corrected chi connectivity index (χ1v) is 9.57. The van der Waals surface area contributed by atoms with Gasteiger partial charge in [-0.1, -0.05) is 36.4 Å². The Morgan fingerprint density at radius 2 is 1.86 bits per heavy atom. The summed E-state index contributed by atoms with van der Waals surface area (Å²) in [6, 6.07) is 17.5. The monoisotopic (exact) mass is 380 g/mol. The highest BCUT2D eigenvalue weighted by Crippen LogP contribution is 2.26. The number of amides is 1. The SMILES string of the molecule is O=C(NCCN1CCOCC1)c1ccc(COc2cccc3ccccc23)o1. The van der Waals surface area contributed by atoms with Gasteiger partial charge in [-0.2, -0.15) is 0 Å². The molecule has 28 heavy (non-hydrogen) atoms. The number of carbonyl (C=O) groups excluding carboxylic acids is 1. The topological polar surface area (TPSA) is 63.9 Å². The summed E-state index contributed by atoms with van der Waals surface area (Å²) in [5, 5.41) is 5.08. The average molecular weight is 380 g/mol. The second-order valence-electron chi connectivity index (χ2n) is 6.74. The lowest BCUT2D eigenvalue weighted by molar-refractivity contribution is 0.0382. The molecule has 0 unspecified atom stereocenters. The Bertz CT molecular complexity index is 926. The number of hydrogen-bond donors (Lipinski definition) is 1. The first-order chi connectivity index (χ1) is 13.8. The van der Waals surface area contributed by atoms with Gasteiger partial charge in [0.25, 0.3) is 5.91 Å². The number of furan rings is 1. The van der Waals surface area contributed by atoms with Crippen molar-refractivity contribution < 1.29 is 18.7 Å². The lowest BCUT2D eigenvalue weighted by Gasteiger charge is -2.26. The molecular formula is C22H24N2O4. The second-order valence-corrected chi connectivity index (χ2v) is 6.74. The Hall–Kier alpha value is -2.83. The van der Waals surface area contributed by atoms with Crippen LogP contribution in [-0.2, 0) is 11.3 Å². The lowest BCUT2D eigenvalue weighted by Crippen LogP contribution is -2.41. The molecule has 1 fully saturated rings. The highest BCUT2D eigenvalue weighted by molar-refractivity contribution is 5.91. The van der Waals surface area contributed by atoms with Crippen molar-refractivity contribution in [3.8, 4) is 5.75 Å². The number of rotatable bonds is 7. The summed E-state index contributed by atoms with van der Waals surface area (Å²) in [7, 11) is 0. The number of ether oxygens (including phenoxy) is 2. The molecule has 1 aromatic heterocycles. The number of fused-ring (bicyclic) bond motifs is 1. The molecule has 6 heteroatoms. The molecule has 1 amide bonds. The van der Waals surface area contributed by atoms with Crippen LogP contribution in [0.1, 0.15) is 16.3 Å². The molecule has 1 N–H and O–H groups in total. The Morgan fingerprint density at radius 1 is 1.04 bits per heavy atom. The standard InChI is InChI=1S/C22H24N2O4/c25-22(23-10-11-24-12-14-26-15-13-24)21-9-8-18(28-21)16-27-20-7-3-5-17-4-1-2-6-19(17)20/h1-9H,10-16H2,(H,23,25). The number of hydrogen-bond acceptors (Lipinski definition) is 5. The number of benzene rings is 2. The van der Waals surface area contributed by atoms with E-state index < -0.39 is 0 Å². The van der Waals surface area contributed by atoms with Gasteiger partial charge in [0, 0.05) is 31.6 Å². The van der Waals surface area contributed by atoms with E-state index >= 15 is 0 Å². The van der Waals surface area contributed by atoms with Crippen LogP contribution in [0, 0.1) is 0 Å². The molecule has 2 heterocycles. The Kier molecular flexibility index (Phi) is 5.89. The smallest absolute Gasteiger partial charge is 0.287 e. The molecule has 0 aliphatic carbocycles. The highest BCUT2D eigenvalue weighted by Gasteiger charge is 2.14. The van der Waals surface area contributed by atoms with Crippen molar-refractivity contribution in [2.24, 2.45) is 0 Å². The zero-order valence-corrected chi connectivity index (χ0v) is 15.7. The Labute approximate surface area is 164 Å². The zero-order chi connectivity index (χ0) is 19.2. The van der Waals surface area contributed by atoms with Crippen LogP contribution in [0.4, 0.5) is 0 Å². The fraction of sp³-hybridized carbons (Fsp3) is 0.318. The van der Waals surface area contributed by atoms with E-state index in [-0.39, 0.29) is 12.5 Å². The fourth-order valence-electron chi connectivity index (χ4n) is 3.29. The third-order valence-corrected chi connectivity index (χ3v) is 4.82. The van der Waals surface area contributed by atoms with Gasteiger partial charge < -0.3 is 19.2 Å². The molecule has 3 aromatic rings. The van der Waals surface area contributed by atoms with Crippen LogP contribution < -0.4 is 10.1 Å². The third kappa shape index (κ3) is 4.52. The predicted octanol–water partition coefficient (Wildman–Crippen LogP) is 3.07. The summed E-state index contributed by atoms with van der Waals surface area (Å²) < 4.78 is 16.9. The number of morpholine rings is 1. The minimum absolute atomic E-state index is 0.204. The molecular weight excluding hydrogens is 356 g/mol. The van der Waals surface area contributed by atoms with Crippen LogP contribution in [0.15, 0.2) is 59.0 Å². The molecule has 4 rings (SSSR count). The number of nitrogens with zero attached hydrogens (tertiary/aromatic N) is 1. The van der Waals surface area contributed by atoms with Crippen molar-refractivity contribution >= 4 is 16.7 Å². The maximum absolute atomic E-state index is 12.3. The third-order valence-electron chi connectivity index (χ3n) is 4.82. The van der Waals surface area contributed by atoms with E-state index in [2.05, 4.69) is 22.3 Å². The Morgan fingerprint density at radius 3 is 2.75 bits per heavy atom. The summed E-state index contributed by atoms with van der Waals surface area (Å²) >= 11 is 0. The largest absolute Gasteiger partial charge is 0.485 e. The van der Waals surface area contributed by atoms with Gasteiger partial charge in [0.15, 0.2) is 5.76 Å². The predicted molar refractivity (Wildman–Crippen MR) is 107 cm³/mol. The van der Waals surface area contributed by atoms with Gasteiger partial charge in [0.1, 0.15) is 18.1 Å². The van der Waals surface area contributed by atoms with Gasteiger partial charge in [-0.3, -0.25) is 9.69 Å². The summed E-state index contributed by atoms with van der Waals surface area (Å²) in [6.07, 6.45) is 0. The minimum Gasteiger partial charge on any atom is -0.485 e. The molecule has 146 valence electrons. The van der Waals surface area contributed by atoms with Gasteiger partial charge in [0.05, 0.1) is 13.2 Å². The summed E-state index contributed by atoms with van der Waals surface area (Å²) in [4.78, 5) is 14.5. The highest BCUT2D eigenvalue weighted by atomic mass is 16.5. The van der Waals surface area contributed by atoms with Crippen LogP contribution in [0.2, 0.25) is 0 Å². The van der Waals surface area contributed by atoms with Crippen LogP contribution in [0.3, 0.4) is 0 Å². The lowest BCUT2D eigenvalue weighted by atomic mass is 10.1. The van der Waals surface area contributed by atoms with Crippen LogP contribution in [0.5, 0.6) is 5.75 Å². The van der Waals surface area contributed by atoms with Gasteiger partial charge in [-0.15, -0.1) is 0 Å². The molecule has 0 saturated carbocycles. The van der Waals surface area contributed by atoms with E-state index in [1.807, 2.05) is 30.3 Å². The van der Waals surface area contributed by atoms with Gasteiger partial charge in [-0.05, 0) is 23.6 Å². The van der Waals surface area contributed by atoms with Crippen molar-refractivity contribution in [1.29, 1.82) is 0 Å². The Balaban J connectivity index is 1.29. The molecule has 6 nitrogen and oxygen atoms in total. The van der Waals surface area contributed by atoms with Gasteiger partial charge in [0.2, 0.25) is 0 Å². The second kappa shape index (κ2) is 8.91. The molecule has 1 aliphatic heterocycles. The number of nitrogens with one attached hydrogen (secondary N) is 1. The van der Waals surface area contributed by atoms with E-state index in [1.165, 1.54) is 0 Å². The maximum atomic E-state index is 12.3. The fourth-order valence-corrected chi connectivity index (χ4v) is 3.29. The maximum Gasteiger partial charge on any atom is 0.287 e. The first kappa shape index (κ1) is 18.5. The molecule has 0 bridgehead atoms. The van der Waals surface area contributed by atoms with E-state index in [4.69, 9.17) is 13.9 Å². The van der Waals surface area contributed by atoms with E-state index in [9.17, 15) is 4.79 Å². The van der Waals surface area contributed by atoms with Crippen molar-refractivity contribution in [1.82, 2.24) is 10.2 Å². The molecule has 1 aliphatic rings. The molecule has 2 aromatic carbocycles. The number of carbonyl (C=O) groups is 1. The van der Waals surface area contributed by atoms with Crippen molar-refractivity contribution in [3.63, 3.8) is 0 Å². The van der Waals surface area contributed by atoms with Crippen LogP contribution in [0.25, 0.3) is 10.8 Å². The van der Waals surface area contributed by atoms with Gasteiger partial charge >= 0.3 is 0 Å². The minimum atomic E-state index is -0.204. The zero-order valence-electron chi connectivity index (χ0n) is 15.7. The molecule has 0 radical (unpaired) electrons.